The zero-order valence-electron chi connectivity index (χ0n) is 18.4. The van der Waals surface area contributed by atoms with Crippen LogP contribution in [0.15, 0.2) is 36.5 Å². The Bertz CT molecular complexity index is 894. The first-order chi connectivity index (χ1) is 15.5. The third-order valence-corrected chi connectivity index (χ3v) is 6.03. The fraction of sp³-hybridized carbons (Fsp3) is 0.458. The maximum Gasteiger partial charge on any atom is 0.252 e. The van der Waals surface area contributed by atoms with Gasteiger partial charge in [0.25, 0.3) is 5.91 Å². The molecule has 0 spiro atoms. The minimum atomic E-state index is -0.459. The molecule has 1 fully saturated rings. The second kappa shape index (κ2) is 11.8. The van der Waals surface area contributed by atoms with Gasteiger partial charge in [-0.15, -0.1) is 0 Å². The molecule has 0 saturated carbocycles. The summed E-state index contributed by atoms with van der Waals surface area (Å²) in [6.07, 6.45) is 6.00. The topological polar surface area (TPSA) is 65.5 Å². The van der Waals surface area contributed by atoms with Crippen LogP contribution >= 0.6 is 11.6 Å². The highest BCUT2D eigenvalue weighted by Gasteiger charge is 2.23. The number of aromatic nitrogens is 1. The second-order valence-corrected chi connectivity index (χ2v) is 8.37. The fourth-order valence-electron chi connectivity index (χ4n) is 3.71. The molecule has 172 valence electrons. The zero-order valence-corrected chi connectivity index (χ0v) is 19.2. The summed E-state index contributed by atoms with van der Waals surface area (Å²) < 4.78 is 14.0. The number of halogens is 2. The van der Waals surface area contributed by atoms with Crippen LogP contribution in [0, 0.1) is 5.82 Å². The minimum absolute atomic E-state index is 0.0496. The standard InChI is InChI=1S/C24H30ClFN4O2/c1-2-3-4-5-11-27-24(32)18-9-10-22(28-17-18)29-12-14-30(15-13-29)23(31)16-19-20(25)7-6-8-21(19)26/h6-10,17H,2-5,11-16H2,1H3,(H,27,32). The molecule has 2 aromatic rings. The van der Waals surface area contributed by atoms with E-state index in [9.17, 15) is 14.0 Å². The van der Waals surface area contributed by atoms with Crippen molar-refractivity contribution >= 4 is 29.2 Å². The van der Waals surface area contributed by atoms with Gasteiger partial charge in [0.2, 0.25) is 5.91 Å². The lowest BCUT2D eigenvalue weighted by Gasteiger charge is -2.35. The van der Waals surface area contributed by atoms with E-state index in [1.807, 2.05) is 6.07 Å². The Morgan fingerprint density at radius 1 is 1.09 bits per heavy atom. The quantitative estimate of drug-likeness (QED) is 0.573. The monoisotopic (exact) mass is 460 g/mol. The van der Waals surface area contributed by atoms with E-state index in [1.165, 1.54) is 25.0 Å². The van der Waals surface area contributed by atoms with E-state index in [-0.39, 0.29) is 28.8 Å². The van der Waals surface area contributed by atoms with Crippen molar-refractivity contribution in [1.82, 2.24) is 15.2 Å². The number of anilines is 1. The van der Waals surface area contributed by atoms with Gasteiger partial charge in [-0.25, -0.2) is 9.37 Å². The molecule has 1 aromatic heterocycles. The summed E-state index contributed by atoms with van der Waals surface area (Å²) in [5.41, 5.74) is 0.780. The number of carbonyl (C=O) groups is 2. The molecule has 2 heterocycles. The molecule has 32 heavy (non-hydrogen) atoms. The van der Waals surface area contributed by atoms with Crippen molar-refractivity contribution < 1.29 is 14.0 Å². The average Bonchev–Trinajstić information content (AvgIpc) is 2.81. The summed E-state index contributed by atoms with van der Waals surface area (Å²) in [6.45, 7) is 5.11. The number of hydrogen-bond donors (Lipinski definition) is 1. The zero-order chi connectivity index (χ0) is 22.9. The molecule has 1 aliphatic heterocycles. The van der Waals surface area contributed by atoms with E-state index in [1.54, 1.807) is 23.2 Å². The minimum Gasteiger partial charge on any atom is -0.353 e. The Morgan fingerprint density at radius 3 is 2.53 bits per heavy atom. The fourth-order valence-corrected chi connectivity index (χ4v) is 3.94. The van der Waals surface area contributed by atoms with Gasteiger partial charge in [-0.3, -0.25) is 9.59 Å². The van der Waals surface area contributed by atoms with Gasteiger partial charge in [0, 0.05) is 49.5 Å². The van der Waals surface area contributed by atoms with E-state index in [2.05, 4.69) is 22.1 Å². The van der Waals surface area contributed by atoms with Gasteiger partial charge in [0.05, 0.1) is 12.0 Å². The predicted octanol–water partition coefficient (Wildman–Crippen LogP) is 4.08. The first-order valence-electron chi connectivity index (χ1n) is 11.2. The smallest absolute Gasteiger partial charge is 0.252 e. The SMILES string of the molecule is CCCCCCNC(=O)c1ccc(N2CCN(C(=O)Cc3c(F)cccc3Cl)CC2)nc1. The highest BCUT2D eigenvalue weighted by molar-refractivity contribution is 6.31. The van der Waals surface area contributed by atoms with Crippen molar-refractivity contribution in [3.63, 3.8) is 0 Å². The molecule has 1 N–H and O–H groups in total. The van der Waals surface area contributed by atoms with Crippen molar-refractivity contribution in [2.75, 3.05) is 37.6 Å². The van der Waals surface area contributed by atoms with Crippen molar-refractivity contribution in [3.8, 4) is 0 Å². The van der Waals surface area contributed by atoms with Gasteiger partial charge in [-0.1, -0.05) is 43.9 Å². The molecular weight excluding hydrogens is 431 g/mol. The van der Waals surface area contributed by atoms with E-state index < -0.39 is 5.82 Å². The molecule has 3 rings (SSSR count). The van der Waals surface area contributed by atoms with Crippen molar-refractivity contribution in [2.24, 2.45) is 0 Å². The highest BCUT2D eigenvalue weighted by Crippen LogP contribution is 2.21. The summed E-state index contributed by atoms with van der Waals surface area (Å²) in [7, 11) is 0. The van der Waals surface area contributed by atoms with Crippen LogP contribution < -0.4 is 10.2 Å². The number of pyridine rings is 1. The normalized spacial score (nSPS) is 13.8. The lowest BCUT2D eigenvalue weighted by atomic mass is 10.1. The molecule has 0 aliphatic carbocycles. The Labute approximate surface area is 193 Å². The Balaban J connectivity index is 1.47. The van der Waals surface area contributed by atoms with E-state index in [0.29, 0.717) is 38.3 Å². The number of unbranched alkanes of at least 4 members (excludes halogenated alkanes) is 3. The first-order valence-corrected chi connectivity index (χ1v) is 11.6. The molecular formula is C24H30ClFN4O2. The number of rotatable bonds is 9. The van der Waals surface area contributed by atoms with Crippen LogP contribution in [-0.4, -0.2) is 54.4 Å². The number of nitrogens with one attached hydrogen (secondary N) is 1. The number of hydrogen-bond acceptors (Lipinski definition) is 4. The van der Waals surface area contributed by atoms with Crippen molar-refractivity contribution in [2.45, 2.75) is 39.0 Å². The Kier molecular flexibility index (Phi) is 8.85. The summed E-state index contributed by atoms with van der Waals surface area (Å²) in [4.78, 5) is 33.1. The van der Waals surface area contributed by atoms with E-state index in [4.69, 9.17) is 11.6 Å². The predicted molar refractivity (Wildman–Crippen MR) is 125 cm³/mol. The largest absolute Gasteiger partial charge is 0.353 e. The lowest BCUT2D eigenvalue weighted by molar-refractivity contribution is -0.130. The van der Waals surface area contributed by atoms with Gasteiger partial charge < -0.3 is 15.1 Å². The molecule has 0 unspecified atom stereocenters. The number of carbonyl (C=O) groups excluding carboxylic acids is 2. The number of benzene rings is 1. The maximum absolute atomic E-state index is 14.0. The third kappa shape index (κ3) is 6.42. The Morgan fingerprint density at radius 2 is 1.88 bits per heavy atom. The summed E-state index contributed by atoms with van der Waals surface area (Å²) in [6, 6.07) is 8.05. The number of piperazine rings is 1. The van der Waals surface area contributed by atoms with Gasteiger partial charge in [0.1, 0.15) is 11.6 Å². The molecule has 6 nitrogen and oxygen atoms in total. The van der Waals surface area contributed by atoms with Crippen LogP contribution in [0.4, 0.5) is 10.2 Å². The van der Waals surface area contributed by atoms with Crippen molar-refractivity contribution in [1.29, 1.82) is 0 Å². The molecule has 0 bridgehead atoms. The average molecular weight is 461 g/mol. The molecule has 8 heteroatoms. The molecule has 1 aromatic carbocycles. The summed E-state index contributed by atoms with van der Waals surface area (Å²) in [5, 5.41) is 3.20. The lowest BCUT2D eigenvalue weighted by Crippen LogP contribution is -2.49. The Hall–Kier alpha value is -2.67. The van der Waals surface area contributed by atoms with Crippen LogP contribution in [0.3, 0.4) is 0 Å². The van der Waals surface area contributed by atoms with Crippen LogP contribution in [0.2, 0.25) is 5.02 Å². The molecule has 0 atom stereocenters. The second-order valence-electron chi connectivity index (χ2n) is 7.97. The van der Waals surface area contributed by atoms with E-state index in [0.717, 1.165) is 18.7 Å². The number of amides is 2. The molecule has 2 amide bonds. The van der Waals surface area contributed by atoms with Crippen LogP contribution in [-0.2, 0) is 11.2 Å². The van der Waals surface area contributed by atoms with Gasteiger partial charge >= 0.3 is 0 Å². The molecule has 1 aliphatic rings. The van der Waals surface area contributed by atoms with Gasteiger partial charge in [-0.05, 0) is 30.7 Å². The van der Waals surface area contributed by atoms with Crippen molar-refractivity contribution in [3.05, 3.63) is 58.5 Å². The number of nitrogens with zero attached hydrogens (tertiary/aromatic N) is 3. The first kappa shape index (κ1) is 24.0. The molecule has 0 radical (unpaired) electrons. The summed E-state index contributed by atoms with van der Waals surface area (Å²) in [5.74, 6) is 0.0610. The summed E-state index contributed by atoms with van der Waals surface area (Å²) >= 11 is 6.04. The van der Waals surface area contributed by atoms with Crippen LogP contribution in [0.25, 0.3) is 0 Å². The van der Waals surface area contributed by atoms with Crippen LogP contribution in [0.1, 0.15) is 48.5 Å². The third-order valence-electron chi connectivity index (χ3n) is 5.67. The van der Waals surface area contributed by atoms with E-state index >= 15 is 0 Å². The highest BCUT2D eigenvalue weighted by atomic mass is 35.5. The van der Waals surface area contributed by atoms with Gasteiger partial charge in [-0.2, -0.15) is 0 Å². The van der Waals surface area contributed by atoms with Gasteiger partial charge in [0.15, 0.2) is 0 Å². The maximum atomic E-state index is 14.0. The van der Waals surface area contributed by atoms with Crippen LogP contribution in [0.5, 0.6) is 0 Å². The molecule has 1 saturated heterocycles.